The molecule has 3 N–H and O–H groups in total. The fourth-order valence-corrected chi connectivity index (χ4v) is 3.23. The van der Waals surface area contributed by atoms with Gasteiger partial charge < -0.3 is 10.4 Å². The minimum atomic E-state index is -0.464. The van der Waals surface area contributed by atoms with Gasteiger partial charge in [-0.25, -0.2) is 9.48 Å². The summed E-state index contributed by atoms with van der Waals surface area (Å²) in [6.07, 6.45) is 3.14. The summed E-state index contributed by atoms with van der Waals surface area (Å²) in [5, 5.41) is 20.4. The Hall–Kier alpha value is -2.34. The molecule has 6 heteroatoms. The molecule has 1 aromatic carbocycles. The molecule has 2 aromatic rings. The first-order valence-corrected chi connectivity index (χ1v) is 8.95. The van der Waals surface area contributed by atoms with Crippen LogP contribution in [0.3, 0.4) is 0 Å². The lowest BCUT2D eigenvalue weighted by Gasteiger charge is -2.28. The first-order chi connectivity index (χ1) is 12.0. The van der Waals surface area contributed by atoms with Crippen molar-refractivity contribution in [3.8, 4) is 11.3 Å². The van der Waals surface area contributed by atoms with Crippen LogP contribution in [0.1, 0.15) is 45.6 Å². The lowest BCUT2D eigenvalue weighted by atomic mass is 9.93. The van der Waals surface area contributed by atoms with Crippen molar-refractivity contribution in [3.63, 3.8) is 0 Å². The molecule has 0 unspecified atom stereocenters. The summed E-state index contributed by atoms with van der Waals surface area (Å²) < 4.78 is 1.80. The lowest BCUT2D eigenvalue weighted by Crippen LogP contribution is -2.46. The quantitative estimate of drug-likeness (QED) is 0.795. The highest BCUT2D eigenvalue weighted by molar-refractivity contribution is 5.89. The molecule has 1 aliphatic carbocycles. The minimum Gasteiger partial charge on any atom is -0.391 e. The summed E-state index contributed by atoms with van der Waals surface area (Å²) >= 11 is 0. The summed E-state index contributed by atoms with van der Waals surface area (Å²) in [6, 6.07) is 11.4. The molecule has 3 rings (SSSR count). The fourth-order valence-electron chi connectivity index (χ4n) is 3.23. The number of nitrogens with one attached hydrogen (secondary N) is 2. The molecular formula is C19H26N4O2. The monoisotopic (exact) mass is 342 g/mol. The number of nitrogens with zero attached hydrogens (tertiary/aromatic N) is 2. The number of carbonyl (C=O) groups is 1. The van der Waals surface area contributed by atoms with Gasteiger partial charge in [0, 0.05) is 17.7 Å². The van der Waals surface area contributed by atoms with E-state index >= 15 is 0 Å². The average Bonchev–Trinajstić information content (AvgIpc) is 3.02. The summed E-state index contributed by atoms with van der Waals surface area (Å²) in [4.78, 5) is 12.4. The van der Waals surface area contributed by atoms with Crippen molar-refractivity contribution in [1.82, 2.24) is 15.1 Å². The molecule has 0 spiro atoms. The second-order valence-corrected chi connectivity index (χ2v) is 6.88. The van der Waals surface area contributed by atoms with Gasteiger partial charge in [0.1, 0.15) is 5.82 Å². The largest absolute Gasteiger partial charge is 0.391 e. The van der Waals surface area contributed by atoms with E-state index in [4.69, 9.17) is 0 Å². The molecule has 2 atom stereocenters. The van der Waals surface area contributed by atoms with E-state index in [1.807, 2.05) is 50.2 Å². The van der Waals surface area contributed by atoms with E-state index in [0.717, 1.165) is 36.9 Å². The number of aliphatic hydroxyl groups excluding tert-OH is 1. The zero-order chi connectivity index (χ0) is 17.8. The standard InChI is InChI=1S/C19H26N4O2/c1-13(2)23-18(12-16(22-23)14-8-4-3-5-9-14)21-19(25)20-15-10-6-7-11-17(15)24/h3-5,8-9,12-13,15,17,24H,6-7,10-11H2,1-2H3,(H2,20,21,25)/t15-,17-/m1/s1. The van der Waals surface area contributed by atoms with Crippen molar-refractivity contribution < 1.29 is 9.90 Å². The van der Waals surface area contributed by atoms with Crippen LogP contribution in [0.2, 0.25) is 0 Å². The number of aliphatic hydroxyl groups is 1. The Balaban J connectivity index is 1.74. The van der Waals surface area contributed by atoms with Gasteiger partial charge in [0.15, 0.2) is 0 Å². The molecule has 6 nitrogen and oxygen atoms in total. The maximum atomic E-state index is 12.4. The van der Waals surface area contributed by atoms with Gasteiger partial charge >= 0.3 is 6.03 Å². The molecule has 0 radical (unpaired) electrons. The van der Waals surface area contributed by atoms with Gasteiger partial charge in [-0.2, -0.15) is 5.10 Å². The van der Waals surface area contributed by atoms with Gasteiger partial charge in [0.25, 0.3) is 0 Å². The third-order valence-electron chi connectivity index (χ3n) is 4.58. The number of benzene rings is 1. The Morgan fingerprint density at radius 2 is 1.96 bits per heavy atom. The van der Waals surface area contributed by atoms with E-state index in [1.165, 1.54) is 0 Å². The van der Waals surface area contributed by atoms with Gasteiger partial charge in [-0.05, 0) is 26.7 Å². The van der Waals surface area contributed by atoms with Crippen LogP contribution in [0, 0.1) is 0 Å². The summed E-state index contributed by atoms with van der Waals surface area (Å²) in [5.74, 6) is 0.650. The van der Waals surface area contributed by atoms with Gasteiger partial charge in [-0.15, -0.1) is 0 Å². The minimum absolute atomic E-state index is 0.119. The maximum absolute atomic E-state index is 12.4. The van der Waals surface area contributed by atoms with Crippen LogP contribution in [0.5, 0.6) is 0 Å². The number of amides is 2. The Kier molecular flexibility index (Phi) is 5.38. The molecule has 1 heterocycles. The Morgan fingerprint density at radius 3 is 2.64 bits per heavy atom. The zero-order valence-electron chi connectivity index (χ0n) is 14.8. The van der Waals surface area contributed by atoms with E-state index in [2.05, 4.69) is 15.7 Å². The van der Waals surface area contributed by atoms with Crippen LogP contribution in [0.4, 0.5) is 10.6 Å². The second kappa shape index (κ2) is 7.70. The Bertz CT molecular complexity index is 711. The van der Waals surface area contributed by atoms with Crippen LogP contribution < -0.4 is 10.6 Å². The van der Waals surface area contributed by atoms with Crippen LogP contribution in [0.25, 0.3) is 11.3 Å². The number of hydrogen-bond acceptors (Lipinski definition) is 3. The SMILES string of the molecule is CC(C)n1nc(-c2ccccc2)cc1NC(=O)N[C@@H]1CCCC[C@H]1O. The van der Waals surface area contributed by atoms with Gasteiger partial charge in [0.05, 0.1) is 17.8 Å². The van der Waals surface area contributed by atoms with Crippen molar-refractivity contribution in [3.05, 3.63) is 36.4 Å². The number of aromatic nitrogens is 2. The van der Waals surface area contributed by atoms with E-state index in [9.17, 15) is 9.90 Å². The third kappa shape index (κ3) is 4.20. The predicted octanol–water partition coefficient (Wildman–Crippen LogP) is 3.56. The van der Waals surface area contributed by atoms with Crippen LogP contribution >= 0.6 is 0 Å². The van der Waals surface area contributed by atoms with Crippen LogP contribution in [-0.2, 0) is 0 Å². The lowest BCUT2D eigenvalue weighted by molar-refractivity contribution is 0.0955. The van der Waals surface area contributed by atoms with Gasteiger partial charge in [0.2, 0.25) is 0 Å². The van der Waals surface area contributed by atoms with Gasteiger partial charge in [-0.1, -0.05) is 43.2 Å². The molecule has 1 saturated carbocycles. The highest BCUT2D eigenvalue weighted by Gasteiger charge is 2.25. The summed E-state index contributed by atoms with van der Waals surface area (Å²) in [5.41, 5.74) is 1.83. The Labute approximate surface area is 148 Å². The topological polar surface area (TPSA) is 79.2 Å². The van der Waals surface area contributed by atoms with E-state index in [1.54, 1.807) is 4.68 Å². The fraction of sp³-hybridized carbons (Fsp3) is 0.474. The normalized spacial score (nSPS) is 20.5. The number of hydrogen-bond donors (Lipinski definition) is 3. The summed E-state index contributed by atoms with van der Waals surface area (Å²) in [6.45, 7) is 4.05. The molecular weight excluding hydrogens is 316 g/mol. The second-order valence-electron chi connectivity index (χ2n) is 6.88. The molecule has 0 bridgehead atoms. The number of urea groups is 1. The first-order valence-electron chi connectivity index (χ1n) is 8.95. The average molecular weight is 342 g/mol. The zero-order valence-corrected chi connectivity index (χ0v) is 14.8. The molecule has 1 fully saturated rings. The van der Waals surface area contributed by atoms with Crippen molar-refractivity contribution in [2.45, 2.75) is 57.7 Å². The maximum Gasteiger partial charge on any atom is 0.320 e. The van der Waals surface area contributed by atoms with Crippen molar-refractivity contribution in [2.75, 3.05) is 5.32 Å². The van der Waals surface area contributed by atoms with Crippen LogP contribution in [-0.4, -0.2) is 33.1 Å². The van der Waals surface area contributed by atoms with Crippen LogP contribution in [0.15, 0.2) is 36.4 Å². The smallest absolute Gasteiger partial charge is 0.320 e. The van der Waals surface area contributed by atoms with E-state index < -0.39 is 6.10 Å². The number of anilines is 1. The van der Waals surface area contributed by atoms with E-state index in [0.29, 0.717) is 5.82 Å². The van der Waals surface area contributed by atoms with Crippen molar-refractivity contribution in [2.24, 2.45) is 0 Å². The first kappa shape index (κ1) is 17.5. The number of rotatable bonds is 4. The van der Waals surface area contributed by atoms with Crippen molar-refractivity contribution in [1.29, 1.82) is 0 Å². The molecule has 2 amide bonds. The number of carbonyl (C=O) groups excluding carboxylic acids is 1. The Morgan fingerprint density at radius 1 is 1.24 bits per heavy atom. The molecule has 0 aliphatic heterocycles. The van der Waals surface area contributed by atoms with Crippen molar-refractivity contribution >= 4 is 11.8 Å². The van der Waals surface area contributed by atoms with E-state index in [-0.39, 0.29) is 18.1 Å². The molecule has 134 valence electrons. The summed E-state index contributed by atoms with van der Waals surface area (Å²) in [7, 11) is 0. The predicted molar refractivity (Wildman–Crippen MR) is 98.5 cm³/mol. The molecule has 25 heavy (non-hydrogen) atoms. The van der Waals surface area contributed by atoms with Gasteiger partial charge in [-0.3, -0.25) is 5.32 Å². The third-order valence-corrected chi connectivity index (χ3v) is 4.58. The highest BCUT2D eigenvalue weighted by atomic mass is 16.3. The molecule has 0 saturated heterocycles. The highest BCUT2D eigenvalue weighted by Crippen LogP contribution is 2.24. The molecule has 1 aromatic heterocycles. The molecule has 1 aliphatic rings.